The minimum Gasteiger partial charge on any atom is -0.368 e. The number of nitriles is 1. The van der Waals surface area contributed by atoms with Gasteiger partial charge in [-0.2, -0.15) is 5.26 Å². The van der Waals surface area contributed by atoms with E-state index in [9.17, 15) is 9.70 Å². The first kappa shape index (κ1) is 12.6. The second-order valence-corrected chi connectivity index (χ2v) is 3.47. The summed E-state index contributed by atoms with van der Waals surface area (Å²) in [4.78, 5) is 27.3. The predicted octanol–water partition coefficient (Wildman–Crippen LogP) is 1.06. The van der Waals surface area contributed by atoms with Gasteiger partial charge in [-0.25, -0.2) is 4.84 Å². The Bertz CT molecular complexity index is 505. The lowest BCUT2D eigenvalue weighted by molar-refractivity contribution is -0.737. The van der Waals surface area contributed by atoms with Crippen LogP contribution in [0.4, 0.5) is 5.69 Å². The van der Waals surface area contributed by atoms with Crippen molar-refractivity contribution in [3.63, 3.8) is 0 Å². The fraction of sp³-hybridized carbons (Fsp3) is 0.273. The van der Waals surface area contributed by atoms with E-state index in [2.05, 4.69) is 4.84 Å². The highest BCUT2D eigenvalue weighted by Crippen LogP contribution is 2.27. The number of nitrogens with zero attached hydrogens (tertiary/aromatic N) is 2. The number of primary amides is 1. The Hall–Kier alpha value is -2.42. The van der Waals surface area contributed by atoms with Crippen LogP contribution in [0.1, 0.15) is 17.0 Å². The van der Waals surface area contributed by atoms with Crippen LogP contribution in [0.5, 0.6) is 0 Å². The minimum absolute atomic E-state index is 0.100. The van der Waals surface area contributed by atoms with Crippen molar-refractivity contribution in [3.05, 3.63) is 34.2 Å². The second-order valence-electron chi connectivity index (χ2n) is 3.47. The molecule has 0 aliphatic heterocycles. The van der Waals surface area contributed by atoms with Crippen molar-refractivity contribution in [2.24, 2.45) is 5.73 Å². The monoisotopic (exact) mass is 234 g/mol. The average molecular weight is 234 g/mol. The van der Waals surface area contributed by atoms with Gasteiger partial charge in [0, 0.05) is 6.07 Å². The highest BCUT2D eigenvalue weighted by molar-refractivity contribution is 5.86. The summed E-state index contributed by atoms with van der Waals surface area (Å²) >= 11 is 0. The third-order valence-electron chi connectivity index (χ3n) is 2.27. The first-order chi connectivity index (χ1) is 8.01. The number of carbonyl (C=O) groups excluding carboxylic acids is 1. The van der Waals surface area contributed by atoms with Crippen molar-refractivity contribution in [2.75, 3.05) is 7.11 Å². The summed E-state index contributed by atoms with van der Waals surface area (Å²) in [5.41, 5.74) is 6.28. The van der Waals surface area contributed by atoms with Crippen molar-refractivity contribution in [1.82, 2.24) is 0 Å². The molecule has 0 fully saturated rings. The van der Waals surface area contributed by atoms with Gasteiger partial charge in [0.2, 0.25) is 5.91 Å². The number of amides is 1. The Morgan fingerprint density at radius 2 is 2.24 bits per heavy atom. The van der Waals surface area contributed by atoms with E-state index >= 15 is 0 Å². The molecule has 6 nitrogen and oxygen atoms in total. The van der Waals surface area contributed by atoms with E-state index < -0.39 is 11.8 Å². The van der Waals surface area contributed by atoms with Crippen LogP contribution in [0.3, 0.4) is 0 Å². The summed E-state index contributed by atoms with van der Waals surface area (Å²) in [6.45, 7) is 1.78. The molecule has 1 unspecified atom stereocenters. The number of nitrogens with two attached hydrogens (primary N) is 1. The lowest BCUT2D eigenvalue weighted by atomic mass is 9.96. The Labute approximate surface area is 98.1 Å². The van der Waals surface area contributed by atoms with Crippen molar-refractivity contribution >= 4 is 11.6 Å². The van der Waals surface area contributed by atoms with Crippen LogP contribution in [-0.2, 0) is 9.63 Å². The van der Waals surface area contributed by atoms with Crippen molar-refractivity contribution < 1.29 is 14.6 Å². The smallest absolute Gasteiger partial charge is 0.321 e. The molecule has 0 spiro atoms. The van der Waals surface area contributed by atoms with E-state index in [1.165, 1.54) is 13.2 Å². The van der Waals surface area contributed by atoms with Gasteiger partial charge < -0.3 is 5.73 Å². The van der Waals surface area contributed by atoms with Crippen LogP contribution >= 0.6 is 0 Å². The van der Waals surface area contributed by atoms with Gasteiger partial charge in [-0.1, -0.05) is 11.6 Å². The highest BCUT2D eigenvalue weighted by Gasteiger charge is 2.29. The molecule has 0 saturated heterocycles. The number of hydrogen-bond acceptors (Lipinski definition) is 4. The third-order valence-corrected chi connectivity index (χ3v) is 2.27. The van der Waals surface area contributed by atoms with Gasteiger partial charge in [0.05, 0.1) is 16.5 Å². The standard InChI is InChI=1S/C11H11N3O3/c1-7-3-4-10(14(16)17-2)8(5-7)9(6-12)11(13)15/h3-5,9H,1-2H3,(H-,13,15)/p+1. The summed E-state index contributed by atoms with van der Waals surface area (Å²) in [7, 11) is 1.20. The maximum absolute atomic E-state index is 11.4. The van der Waals surface area contributed by atoms with Crippen LogP contribution in [0.15, 0.2) is 18.2 Å². The van der Waals surface area contributed by atoms with Gasteiger partial charge >= 0.3 is 5.69 Å². The fourth-order valence-electron chi connectivity index (χ4n) is 1.46. The molecule has 0 bridgehead atoms. The molecule has 1 atom stereocenters. The zero-order valence-corrected chi connectivity index (χ0v) is 9.51. The molecule has 0 heterocycles. The summed E-state index contributed by atoms with van der Waals surface area (Å²) < 4.78 is 0. The Balaban J connectivity index is 3.39. The summed E-state index contributed by atoms with van der Waals surface area (Å²) in [6.07, 6.45) is 0. The molecule has 17 heavy (non-hydrogen) atoms. The average Bonchev–Trinajstić information content (AvgIpc) is 2.29. The molecule has 1 rings (SSSR count). The third kappa shape index (κ3) is 2.58. The molecule has 1 aromatic carbocycles. The largest absolute Gasteiger partial charge is 0.368 e. The molecule has 0 aliphatic rings. The molecule has 0 radical (unpaired) electrons. The van der Waals surface area contributed by atoms with Crippen molar-refractivity contribution in [3.8, 4) is 6.07 Å². The van der Waals surface area contributed by atoms with Gasteiger partial charge in [0.1, 0.15) is 0 Å². The summed E-state index contributed by atoms with van der Waals surface area (Å²) in [5.74, 6) is -1.97. The molecule has 2 N–H and O–H groups in total. The second kappa shape index (κ2) is 5.07. The summed E-state index contributed by atoms with van der Waals surface area (Å²) in [6, 6.07) is 6.50. The number of benzene rings is 1. The van der Waals surface area contributed by atoms with Gasteiger partial charge in [-0.3, -0.25) is 4.79 Å². The quantitative estimate of drug-likeness (QED) is 0.787. The van der Waals surface area contributed by atoms with Crippen LogP contribution < -0.4 is 5.73 Å². The van der Waals surface area contributed by atoms with E-state index in [0.29, 0.717) is 0 Å². The fourth-order valence-corrected chi connectivity index (χ4v) is 1.46. The molecule has 6 heteroatoms. The van der Waals surface area contributed by atoms with Gasteiger partial charge in [-0.15, -0.1) is 0 Å². The van der Waals surface area contributed by atoms with E-state index in [1.54, 1.807) is 25.1 Å². The normalized spacial score (nSPS) is 11.4. The summed E-state index contributed by atoms with van der Waals surface area (Å²) in [5, 5.41) is 8.91. The number of carbonyl (C=O) groups is 1. The minimum atomic E-state index is -1.17. The SMILES string of the molecule is CO[N+](=O)c1ccc(C)cc1C(C#N)C(N)=O. The first-order valence-corrected chi connectivity index (χ1v) is 4.82. The molecule has 88 valence electrons. The lowest BCUT2D eigenvalue weighted by Crippen LogP contribution is -2.21. The zero-order valence-electron chi connectivity index (χ0n) is 9.51. The molecule has 0 aromatic heterocycles. The molecule has 0 saturated carbocycles. The van der Waals surface area contributed by atoms with E-state index in [0.717, 1.165) is 5.56 Å². The molecule has 0 aliphatic carbocycles. The predicted molar refractivity (Wildman–Crippen MR) is 59.0 cm³/mol. The van der Waals surface area contributed by atoms with Crippen molar-refractivity contribution in [1.29, 1.82) is 5.26 Å². The molecular formula is C11H12N3O3+. The Kier molecular flexibility index (Phi) is 3.78. The first-order valence-electron chi connectivity index (χ1n) is 4.82. The van der Waals surface area contributed by atoms with Gasteiger partial charge in [0.15, 0.2) is 13.0 Å². The van der Waals surface area contributed by atoms with Gasteiger partial charge in [-0.05, 0) is 13.0 Å². The topological polar surface area (TPSA) is 96.2 Å². The van der Waals surface area contributed by atoms with E-state index in [1.807, 2.05) is 0 Å². The van der Waals surface area contributed by atoms with Crippen LogP contribution in [0.25, 0.3) is 0 Å². The van der Waals surface area contributed by atoms with E-state index in [-0.39, 0.29) is 16.2 Å². The van der Waals surface area contributed by atoms with E-state index in [4.69, 9.17) is 11.0 Å². The zero-order chi connectivity index (χ0) is 13.0. The van der Waals surface area contributed by atoms with Crippen LogP contribution in [0, 0.1) is 23.2 Å². The maximum Gasteiger partial charge on any atom is 0.321 e. The number of aryl methyl sites for hydroxylation is 1. The van der Waals surface area contributed by atoms with Crippen molar-refractivity contribution in [2.45, 2.75) is 12.8 Å². The number of hydrogen-bond donors (Lipinski definition) is 1. The highest BCUT2D eigenvalue weighted by atomic mass is 16.8. The molecule has 1 amide bonds. The maximum atomic E-state index is 11.4. The molecule has 1 aromatic rings. The Morgan fingerprint density at radius 3 is 2.71 bits per heavy atom. The Morgan fingerprint density at radius 1 is 1.59 bits per heavy atom. The van der Waals surface area contributed by atoms with Crippen LogP contribution in [0.2, 0.25) is 0 Å². The van der Waals surface area contributed by atoms with Crippen LogP contribution in [-0.4, -0.2) is 17.9 Å². The number of rotatable bonds is 4. The molecular weight excluding hydrogens is 222 g/mol. The lowest BCUT2D eigenvalue weighted by Gasteiger charge is -2.05. The van der Waals surface area contributed by atoms with Gasteiger partial charge in [0.25, 0.3) is 4.92 Å².